The fourth-order valence-corrected chi connectivity index (χ4v) is 1.96. The van der Waals surface area contributed by atoms with Crippen LogP contribution in [0.2, 0.25) is 0 Å². The summed E-state index contributed by atoms with van der Waals surface area (Å²) >= 11 is 3.15. The van der Waals surface area contributed by atoms with Gasteiger partial charge in [-0.1, -0.05) is 34.6 Å². The average Bonchev–Trinajstić information content (AvgIpc) is 2.43. The zero-order valence-corrected chi connectivity index (χ0v) is 12.1. The highest BCUT2D eigenvalue weighted by Crippen LogP contribution is 2.33. The van der Waals surface area contributed by atoms with Crippen LogP contribution >= 0.6 is 15.9 Å². The van der Waals surface area contributed by atoms with E-state index in [1.165, 1.54) is 4.90 Å². The Bertz CT molecular complexity index is 561. The average molecular weight is 341 g/mol. The maximum atomic E-state index is 12.1. The van der Waals surface area contributed by atoms with Crippen molar-refractivity contribution in [3.05, 3.63) is 35.3 Å². The molecule has 0 saturated carbocycles. The number of carboxylic acids is 1. The van der Waals surface area contributed by atoms with Gasteiger partial charge in [-0.3, -0.25) is 4.90 Å². The van der Waals surface area contributed by atoms with E-state index in [9.17, 15) is 9.59 Å². The van der Waals surface area contributed by atoms with Gasteiger partial charge in [-0.25, -0.2) is 9.59 Å². The summed E-state index contributed by atoms with van der Waals surface area (Å²) < 4.78 is 5.98. The first-order valence-electron chi connectivity index (χ1n) is 5.86. The first-order valence-corrected chi connectivity index (χ1v) is 6.65. The third-order valence-corrected chi connectivity index (χ3v) is 3.01. The van der Waals surface area contributed by atoms with Crippen molar-refractivity contribution in [2.75, 3.05) is 18.0 Å². The van der Waals surface area contributed by atoms with Crippen LogP contribution in [0.25, 0.3) is 0 Å². The molecule has 106 valence electrons. The maximum absolute atomic E-state index is 12.1. The Morgan fingerprint density at radius 2 is 2.20 bits per heavy atom. The van der Waals surface area contributed by atoms with Gasteiger partial charge in [0.15, 0.2) is 0 Å². The van der Waals surface area contributed by atoms with Crippen molar-refractivity contribution in [3.63, 3.8) is 0 Å². The van der Waals surface area contributed by atoms with E-state index in [-0.39, 0.29) is 13.1 Å². The molecule has 1 aliphatic heterocycles. The van der Waals surface area contributed by atoms with Crippen LogP contribution < -0.4 is 15.0 Å². The van der Waals surface area contributed by atoms with Gasteiger partial charge < -0.3 is 15.2 Å². The van der Waals surface area contributed by atoms with Crippen LogP contribution in [-0.2, 0) is 4.79 Å². The van der Waals surface area contributed by atoms with Crippen LogP contribution in [0.3, 0.4) is 0 Å². The van der Waals surface area contributed by atoms with Gasteiger partial charge in [0.25, 0.3) is 0 Å². The summed E-state index contributed by atoms with van der Waals surface area (Å²) in [5, 5.41) is 11.7. The van der Waals surface area contributed by atoms with Crippen LogP contribution in [-0.4, -0.2) is 36.3 Å². The predicted molar refractivity (Wildman–Crippen MR) is 77.3 cm³/mol. The monoisotopic (exact) mass is 340 g/mol. The minimum atomic E-state index is -1.11. The number of ether oxygens (including phenoxy) is 1. The second-order valence-corrected chi connectivity index (χ2v) is 5.32. The van der Waals surface area contributed by atoms with Crippen LogP contribution in [0.5, 0.6) is 5.75 Å². The molecule has 0 aliphatic carbocycles. The minimum absolute atomic E-state index is 0.0487. The molecule has 1 atom stereocenters. The first kappa shape index (κ1) is 14.4. The molecule has 0 bridgehead atoms. The van der Waals surface area contributed by atoms with Crippen molar-refractivity contribution in [2.45, 2.75) is 6.10 Å². The highest BCUT2D eigenvalue weighted by atomic mass is 79.9. The van der Waals surface area contributed by atoms with Crippen molar-refractivity contribution in [2.24, 2.45) is 0 Å². The molecule has 2 rings (SSSR count). The summed E-state index contributed by atoms with van der Waals surface area (Å²) in [6.45, 7) is 3.84. The number of urea groups is 1. The van der Waals surface area contributed by atoms with Gasteiger partial charge in [0.05, 0.1) is 18.8 Å². The zero-order valence-electron chi connectivity index (χ0n) is 10.5. The number of carboxylic acid groups (broad SMARTS) is 1. The number of hydrogen-bond donors (Lipinski definition) is 2. The molecule has 20 heavy (non-hydrogen) atoms. The van der Waals surface area contributed by atoms with Crippen molar-refractivity contribution in [1.29, 1.82) is 0 Å². The molecule has 0 radical (unpaired) electrons. The van der Waals surface area contributed by atoms with E-state index in [1.807, 2.05) is 0 Å². The van der Waals surface area contributed by atoms with Crippen molar-refractivity contribution in [3.8, 4) is 5.75 Å². The molecule has 1 aliphatic rings. The Hall–Kier alpha value is -2.02. The largest absolute Gasteiger partial charge is 0.478 e. The van der Waals surface area contributed by atoms with Crippen molar-refractivity contribution < 1.29 is 19.4 Å². The normalized spacial score (nSPS) is 16.9. The number of rotatable bonds is 3. The summed E-state index contributed by atoms with van der Waals surface area (Å²) in [5.74, 6) is -0.735. The molecule has 0 aromatic heterocycles. The van der Waals surface area contributed by atoms with E-state index in [4.69, 9.17) is 9.84 Å². The second kappa shape index (κ2) is 5.96. The molecular formula is C13H13BrN2O4. The van der Waals surface area contributed by atoms with Gasteiger partial charge >= 0.3 is 12.0 Å². The number of halogens is 1. The number of anilines is 1. The molecule has 6 nitrogen and oxygen atoms in total. The van der Waals surface area contributed by atoms with Gasteiger partial charge in [0, 0.05) is 4.48 Å². The fourth-order valence-electron chi connectivity index (χ4n) is 1.82. The van der Waals surface area contributed by atoms with Crippen LogP contribution in [0, 0.1) is 0 Å². The lowest BCUT2D eigenvalue weighted by Gasteiger charge is -2.32. The molecule has 0 fully saturated rings. The zero-order chi connectivity index (χ0) is 14.7. The molecule has 2 N–H and O–H groups in total. The molecular weight excluding hydrogens is 328 g/mol. The third kappa shape index (κ3) is 3.11. The van der Waals surface area contributed by atoms with Crippen LogP contribution in [0.15, 0.2) is 35.3 Å². The smallest absolute Gasteiger partial charge is 0.346 e. The Kier molecular flexibility index (Phi) is 4.29. The quantitative estimate of drug-likeness (QED) is 0.881. The summed E-state index contributed by atoms with van der Waals surface area (Å²) in [4.78, 5) is 24.6. The number of hydrogen-bond acceptors (Lipinski definition) is 3. The van der Waals surface area contributed by atoms with E-state index in [0.29, 0.717) is 15.9 Å². The Morgan fingerprint density at radius 3 is 2.85 bits per heavy atom. The van der Waals surface area contributed by atoms with Crippen molar-refractivity contribution in [1.82, 2.24) is 5.32 Å². The van der Waals surface area contributed by atoms with E-state index >= 15 is 0 Å². The number of carbonyl (C=O) groups excluding carboxylic acids is 1. The topological polar surface area (TPSA) is 78.9 Å². The van der Waals surface area contributed by atoms with Gasteiger partial charge in [0.2, 0.25) is 6.10 Å². The number of nitrogens with one attached hydrogen (secondary N) is 1. The molecule has 0 saturated heterocycles. The van der Waals surface area contributed by atoms with Gasteiger partial charge in [-0.15, -0.1) is 0 Å². The van der Waals surface area contributed by atoms with E-state index in [1.54, 1.807) is 24.3 Å². The van der Waals surface area contributed by atoms with Gasteiger partial charge in [0.1, 0.15) is 5.75 Å². The molecule has 1 heterocycles. The van der Waals surface area contributed by atoms with Crippen molar-refractivity contribution >= 4 is 33.6 Å². The second-order valence-electron chi connectivity index (χ2n) is 4.20. The summed E-state index contributed by atoms with van der Waals surface area (Å²) in [5.41, 5.74) is 0.544. The lowest BCUT2D eigenvalue weighted by atomic mass is 10.2. The summed E-state index contributed by atoms with van der Waals surface area (Å²) in [7, 11) is 0. The highest BCUT2D eigenvalue weighted by molar-refractivity contribution is 9.11. The molecule has 2 amide bonds. The number of fused-ring (bicyclic) bond motifs is 1. The predicted octanol–water partition coefficient (Wildman–Crippen LogP) is 1.96. The highest BCUT2D eigenvalue weighted by Gasteiger charge is 2.33. The summed E-state index contributed by atoms with van der Waals surface area (Å²) in [6.07, 6.45) is -1.08. The first-order chi connectivity index (χ1) is 9.49. The van der Waals surface area contributed by atoms with E-state index in [2.05, 4.69) is 27.8 Å². The Labute approximate surface area is 124 Å². The number of para-hydroxylation sites is 2. The standard InChI is InChI=1S/C13H13BrN2O4/c1-8(14)6-15-13(19)16-7-11(12(17)18)20-10-5-3-2-4-9(10)16/h2-5,11H,1,6-7H2,(H,15,19)(H,17,18). The van der Waals surface area contributed by atoms with Gasteiger partial charge in [-0.05, 0) is 12.1 Å². The SMILES string of the molecule is C=C(Br)CNC(=O)N1CC(C(=O)O)Oc2ccccc21. The maximum Gasteiger partial charge on any atom is 0.346 e. The number of nitrogens with zero attached hydrogens (tertiary/aromatic N) is 1. The summed E-state index contributed by atoms with van der Waals surface area (Å²) in [6, 6.07) is 6.42. The van der Waals surface area contributed by atoms with Crippen LogP contribution in [0.4, 0.5) is 10.5 Å². The van der Waals surface area contributed by atoms with E-state index in [0.717, 1.165) is 0 Å². The molecule has 1 aromatic carbocycles. The number of aliphatic carboxylic acids is 1. The molecule has 1 aromatic rings. The number of carbonyl (C=O) groups is 2. The lowest BCUT2D eigenvalue weighted by molar-refractivity contribution is -0.144. The molecule has 7 heteroatoms. The Balaban J connectivity index is 2.24. The molecule has 1 unspecified atom stereocenters. The Morgan fingerprint density at radius 1 is 1.50 bits per heavy atom. The number of benzene rings is 1. The molecule has 0 spiro atoms. The third-order valence-electron chi connectivity index (χ3n) is 2.73. The number of amides is 2. The minimum Gasteiger partial charge on any atom is -0.478 e. The van der Waals surface area contributed by atoms with Gasteiger partial charge in [-0.2, -0.15) is 0 Å². The fraction of sp³-hybridized carbons (Fsp3) is 0.231. The lowest BCUT2D eigenvalue weighted by Crippen LogP contribution is -2.50. The van der Waals surface area contributed by atoms with Crippen LogP contribution in [0.1, 0.15) is 0 Å². The van der Waals surface area contributed by atoms with E-state index < -0.39 is 18.1 Å².